The second-order valence-electron chi connectivity index (χ2n) is 6.22. The predicted octanol–water partition coefficient (Wildman–Crippen LogP) is 2.49. The molecule has 1 aliphatic heterocycles. The number of rotatable bonds is 5. The second kappa shape index (κ2) is 6.94. The third-order valence-electron chi connectivity index (χ3n) is 4.28. The van der Waals surface area contributed by atoms with Crippen LogP contribution in [0.2, 0.25) is 0 Å². The minimum atomic E-state index is -0.0827. The summed E-state index contributed by atoms with van der Waals surface area (Å²) in [4.78, 5) is 16.9. The molecule has 1 aliphatic rings. The lowest BCUT2D eigenvalue weighted by Gasteiger charge is -2.34. The van der Waals surface area contributed by atoms with Crippen molar-refractivity contribution in [2.45, 2.75) is 52.2 Å². The highest BCUT2D eigenvalue weighted by Gasteiger charge is 2.29. The SMILES string of the molecule is CC(C)N(Cc1ccc(N)cc1)C(C)C(=O)N1CCCC1. The summed E-state index contributed by atoms with van der Waals surface area (Å²) in [6.45, 7) is 8.92. The fourth-order valence-corrected chi connectivity index (χ4v) is 2.94. The Morgan fingerprint density at radius 2 is 1.76 bits per heavy atom. The fourth-order valence-electron chi connectivity index (χ4n) is 2.94. The normalized spacial score (nSPS) is 16.7. The van der Waals surface area contributed by atoms with Gasteiger partial charge in [0.25, 0.3) is 0 Å². The number of hydrogen-bond acceptors (Lipinski definition) is 3. The van der Waals surface area contributed by atoms with Gasteiger partial charge in [0, 0.05) is 31.4 Å². The summed E-state index contributed by atoms with van der Waals surface area (Å²) in [5.74, 6) is 0.261. The van der Waals surface area contributed by atoms with Gasteiger partial charge in [0.1, 0.15) is 0 Å². The van der Waals surface area contributed by atoms with E-state index in [2.05, 4.69) is 18.7 Å². The molecule has 1 aromatic carbocycles. The predicted molar refractivity (Wildman–Crippen MR) is 86.8 cm³/mol. The Morgan fingerprint density at radius 1 is 1.19 bits per heavy atom. The Bertz CT molecular complexity index is 463. The molecule has 4 heteroatoms. The molecule has 0 aromatic heterocycles. The first-order valence-corrected chi connectivity index (χ1v) is 7.88. The summed E-state index contributed by atoms with van der Waals surface area (Å²) in [7, 11) is 0. The van der Waals surface area contributed by atoms with Gasteiger partial charge in [-0.25, -0.2) is 0 Å². The van der Waals surface area contributed by atoms with E-state index in [1.807, 2.05) is 36.1 Å². The zero-order chi connectivity index (χ0) is 15.4. The van der Waals surface area contributed by atoms with Gasteiger partial charge in [0.2, 0.25) is 5.91 Å². The number of nitrogens with two attached hydrogens (primary N) is 1. The molecular formula is C17H27N3O. The van der Waals surface area contributed by atoms with Gasteiger partial charge < -0.3 is 10.6 Å². The lowest BCUT2D eigenvalue weighted by Crippen LogP contribution is -2.48. The van der Waals surface area contributed by atoms with Gasteiger partial charge in [0.15, 0.2) is 0 Å². The minimum absolute atomic E-state index is 0.0827. The van der Waals surface area contributed by atoms with E-state index in [4.69, 9.17) is 5.73 Å². The molecule has 2 rings (SSSR count). The van der Waals surface area contributed by atoms with Gasteiger partial charge in [-0.1, -0.05) is 12.1 Å². The fraction of sp³-hybridized carbons (Fsp3) is 0.588. The minimum Gasteiger partial charge on any atom is -0.399 e. The third kappa shape index (κ3) is 3.97. The van der Waals surface area contributed by atoms with Crippen LogP contribution >= 0.6 is 0 Å². The molecule has 1 aromatic rings. The van der Waals surface area contributed by atoms with Crippen molar-refractivity contribution in [1.29, 1.82) is 0 Å². The number of carbonyl (C=O) groups excluding carboxylic acids is 1. The van der Waals surface area contributed by atoms with E-state index < -0.39 is 0 Å². The molecular weight excluding hydrogens is 262 g/mol. The maximum absolute atomic E-state index is 12.6. The van der Waals surface area contributed by atoms with Gasteiger partial charge in [-0.2, -0.15) is 0 Å². The first kappa shape index (κ1) is 15.8. The van der Waals surface area contributed by atoms with Crippen LogP contribution in [-0.2, 0) is 11.3 Å². The summed E-state index contributed by atoms with van der Waals surface area (Å²) >= 11 is 0. The molecule has 1 fully saturated rings. The van der Waals surface area contributed by atoms with Crippen molar-refractivity contribution in [1.82, 2.24) is 9.80 Å². The third-order valence-corrected chi connectivity index (χ3v) is 4.28. The highest BCUT2D eigenvalue weighted by atomic mass is 16.2. The molecule has 0 radical (unpaired) electrons. The summed E-state index contributed by atoms with van der Waals surface area (Å²) in [6.07, 6.45) is 2.27. The molecule has 21 heavy (non-hydrogen) atoms. The van der Waals surface area contributed by atoms with Crippen molar-refractivity contribution >= 4 is 11.6 Å². The Hall–Kier alpha value is -1.55. The van der Waals surface area contributed by atoms with Gasteiger partial charge in [-0.3, -0.25) is 9.69 Å². The number of hydrogen-bond donors (Lipinski definition) is 1. The highest BCUT2D eigenvalue weighted by molar-refractivity contribution is 5.81. The zero-order valence-corrected chi connectivity index (χ0v) is 13.4. The lowest BCUT2D eigenvalue weighted by molar-refractivity contribution is -0.136. The number of amides is 1. The van der Waals surface area contributed by atoms with Crippen LogP contribution in [0.25, 0.3) is 0 Å². The van der Waals surface area contributed by atoms with Crippen LogP contribution in [0.1, 0.15) is 39.2 Å². The largest absolute Gasteiger partial charge is 0.399 e. The lowest BCUT2D eigenvalue weighted by atomic mass is 10.1. The van der Waals surface area contributed by atoms with Crippen molar-refractivity contribution < 1.29 is 4.79 Å². The van der Waals surface area contributed by atoms with Gasteiger partial charge >= 0.3 is 0 Å². The summed E-state index contributed by atoms with van der Waals surface area (Å²) in [6, 6.07) is 8.15. The van der Waals surface area contributed by atoms with E-state index in [-0.39, 0.29) is 11.9 Å². The quantitative estimate of drug-likeness (QED) is 0.847. The average Bonchev–Trinajstić information content (AvgIpc) is 2.99. The van der Waals surface area contributed by atoms with Crippen LogP contribution in [0.15, 0.2) is 24.3 Å². The van der Waals surface area contributed by atoms with Crippen molar-refractivity contribution in [2.75, 3.05) is 18.8 Å². The van der Waals surface area contributed by atoms with E-state index in [0.717, 1.165) is 38.2 Å². The van der Waals surface area contributed by atoms with E-state index in [1.165, 1.54) is 5.56 Å². The molecule has 1 heterocycles. The molecule has 0 spiro atoms. The Labute approximate surface area is 127 Å². The monoisotopic (exact) mass is 289 g/mol. The van der Waals surface area contributed by atoms with Crippen LogP contribution in [0.4, 0.5) is 5.69 Å². The van der Waals surface area contributed by atoms with Crippen molar-refractivity contribution in [3.05, 3.63) is 29.8 Å². The van der Waals surface area contributed by atoms with Crippen LogP contribution in [0.3, 0.4) is 0 Å². The highest BCUT2D eigenvalue weighted by Crippen LogP contribution is 2.17. The van der Waals surface area contributed by atoms with Crippen molar-refractivity contribution in [3.63, 3.8) is 0 Å². The van der Waals surface area contributed by atoms with E-state index in [1.54, 1.807) is 0 Å². The first-order valence-electron chi connectivity index (χ1n) is 7.88. The first-order chi connectivity index (χ1) is 9.99. The number of nitrogen functional groups attached to an aromatic ring is 1. The van der Waals surface area contributed by atoms with E-state index in [9.17, 15) is 4.79 Å². The summed E-state index contributed by atoms with van der Waals surface area (Å²) < 4.78 is 0. The van der Waals surface area contributed by atoms with Gasteiger partial charge in [0.05, 0.1) is 6.04 Å². The molecule has 4 nitrogen and oxygen atoms in total. The Kier molecular flexibility index (Phi) is 5.23. The van der Waals surface area contributed by atoms with E-state index >= 15 is 0 Å². The standard InChI is InChI=1S/C17H27N3O/c1-13(2)20(12-15-6-8-16(18)9-7-15)14(3)17(21)19-10-4-5-11-19/h6-9,13-14H,4-5,10-12,18H2,1-3H3. The van der Waals surface area contributed by atoms with Crippen LogP contribution in [-0.4, -0.2) is 40.9 Å². The Balaban J connectivity index is 2.06. The van der Waals surface area contributed by atoms with Gasteiger partial charge in [-0.05, 0) is 51.3 Å². The number of benzene rings is 1. The summed E-state index contributed by atoms with van der Waals surface area (Å²) in [5, 5.41) is 0. The van der Waals surface area contributed by atoms with Gasteiger partial charge in [-0.15, -0.1) is 0 Å². The number of anilines is 1. The van der Waals surface area contributed by atoms with E-state index in [0.29, 0.717) is 6.04 Å². The smallest absolute Gasteiger partial charge is 0.239 e. The van der Waals surface area contributed by atoms with Crippen molar-refractivity contribution in [2.24, 2.45) is 0 Å². The number of likely N-dealkylation sites (tertiary alicyclic amines) is 1. The number of carbonyl (C=O) groups is 1. The topological polar surface area (TPSA) is 49.6 Å². The number of nitrogens with zero attached hydrogens (tertiary/aromatic N) is 2. The molecule has 0 bridgehead atoms. The average molecular weight is 289 g/mol. The van der Waals surface area contributed by atoms with Crippen LogP contribution < -0.4 is 5.73 Å². The second-order valence-corrected chi connectivity index (χ2v) is 6.22. The summed E-state index contributed by atoms with van der Waals surface area (Å²) in [5.41, 5.74) is 7.70. The molecule has 1 amide bonds. The molecule has 116 valence electrons. The molecule has 1 saturated heterocycles. The Morgan fingerprint density at radius 3 is 2.29 bits per heavy atom. The van der Waals surface area contributed by atoms with Crippen molar-refractivity contribution in [3.8, 4) is 0 Å². The van der Waals surface area contributed by atoms with Crippen LogP contribution in [0, 0.1) is 0 Å². The zero-order valence-electron chi connectivity index (χ0n) is 13.4. The molecule has 1 atom stereocenters. The molecule has 0 aliphatic carbocycles. The van der Waals surface area contributed by atoms with Crippen LogP contribution in [0.5, 0.6) is 0 Å². The molecule has 0 saturated carbocycles. The maximum atomic E-state index is 12.6. The molecule has 1 unspecified atom stereocenters. The molecule has 2 N–H and O–H groups in total. The maximum Gasteiger partial charge on any atom is 0.239 e.